The highest BCUT2D eigenvalue weighted by Crippen LogP contribution is 2.39. The minimum Gasteiger partial charge on any atom is -0.484 e. The molecule has 152 valence electrons. The monoisotopic (exact) mass is 448 g/mol. The number of thioether (sulfide) groups is 1. The SMILES string of the molecule is CN(Cc1cccs1)C(=O)CSc1nnc(COc2ccccc2Cl)n1C1CC1. The number of hydrogen-bond acceptors (Lipinski definition) is 6. The number of nitrogens with zero attached hydrogens (tertiary/aromatic N) is 4. The number of para-hydroxylation sites is 1. The van der Waals surface area contributed by atoms with Crippen molar-refractivity contribution in [3.8, 4) is 5.75 Å². The van der Waals surface area contributed by atoms with Crippen LogP contribution < -0.4 is 4.74 Å². The fourth-order valence-corrected chi connectivity index (χ4v) is 4.78. The molecule has 0 radical (unpaired) electrons. The molecular weight excluding hydrogens is 428 g/mol. The zero-order valence-corrected chi connectivity index (χ0v) is 18.3. The van der Waals surface area contributed by atoms with Crippen molar-refractivity contribution in [1.82, 2.24) is 19.7 Å². The second-order valence-corrected chi connectivity index (χ2v) is 9.22. The standard InChI is InChI=1S/C20H21ClN4O2S2/c1-24(11-15-5-4-10-28-15)19(26)13-29-20-23-22-18(25(20)14-8-9-14)12-27-17-7-3-2-6-16(17)21/h2-7,10,14H,8-9,11-13H2,1H3. The van der Waals surface area contributed by atoms with Gasteiger partial charge in [-0.2, -0.15) is 0 Å². The lowest BCUT2D eigenvalue weighted by atomic mass is 10.3. The van der Waals surface area contributed by atoms with Crippen LogP contribution in [0.15, 0.2) is 46.9 Å². The fourth-order valence-electron chi connectivity index (χ4n) is 2.87. The molecule has 0 N–H and O–H groups in total. The molecule has 6 nitrogen and oxygen atoms in total. The maximum atomic E-state index is 12.5. The van der Waals surface area contributed by atoms with Crippen LogP contribution in [-0.2, 0) is 17.9 Å². The van der Waals surface area contributed by atoms with Gasteiger partial charge in [-0.05, 0) is 36.4 Å². The Morgan fingerprint density at radius 1 is 1.31 bits per heavy atom. The third-order valence-electron chi connectivity index (χ3n) is 4.56. The van der Waals surface area contributed by atoms with Gasteiger partial charge in [0.1, 0.15) is 12.4 Å². The number of hydrogen-bond donors (Lipinski definition) is 0. The van der Waals surface area contributed by atoms with E-state index >= 15 is 0 Å². The molecule has 0 atom stereocenters. The maximum Gasteiger partial charge on any atom is 0.233 e. The molecule has 2 heterocycles. The van der Waals surface area contributed by atoms with Gasteiger partial charge in [-0.1, -0.05) is 41.6 Å². The molecule has 0 aliphatic heterocycles. The summed E-state index contributed by atoms with van der Waals surface area (Å²) in [6.07, 6.45) is 2.19. The van der Waals surface area contributed by atoms with Crippen LogP contribution in [0.25, 0.3) is 0 Å². The van der Waals surface area contributed by atoms with E-state index in [1.807, 2.05) is 42.8 Å². The summed E-state index contributed by atoms with van der Waals surface area (Å²) < 4.78 is 7.94. The normalized spacial score (nSPS) is 13.4. The van der Waals surface area contributed by atoms with Crippen LogP contribution in [0, 0.1) is 0 Å². The molecule has 0 unspecified atom stereocenters. The van der Waals surface area contributed by atoms with E-state index in [4.69, 9.17) is 16.3 Å². The number of benzene rings is 1. The summed E-state index contributed by atoms with van der Waals surface area (Å²) in [5.41, 5.74) is 0. The lowest BCUT2D eigenvalue weighted by molar-refractivity contribution is -0.127. The highest BCUT2D eigenvalue weighted by atomic mass is 35.5. The first-order chi connectivity index (χ1) is 14.1. The highest BCUT2D eigenvalue weighted by Gasteiger charge is 2.30. The number of rotatable bonds is 9. The van der Waals surface area contributed by atoms with Gasteiger partial charge in [0.15, 0.2) is 11.0 Å². The Labute approximate surface area is 182 Å². The van der Waals surface area contributed by atoms with Crippen LogP contribution in [0.2, 0.25) is 5.02 Å². The van der Waals surface area contributed by atoms with Crippen molar-refractivity contribution < 1.29 is 9.53 Å². The molecule has 0 bridgehead atoms. The summed E-state index contributed by atoms with van der Waals surface area (Å²) in [7, 11) is 1.83. The van der Waals surface area contributed by atoms with Gasteiger partial charge in [0, 0.05) is 18.0 Å². The van der Waals surface area contributed by atoms with Gasteiger partial charge in [-0.25, -0.2) is 0 Å². The topological polar surface area (TPSA) is 60.3 Å². The molecule has 0 spiro atoms. The average molecular weight is 449 g/mol. The molecule has 1 amide bonds. The first-order valence-electron chi connectivity index (χ1n) is 9.32. The van der Waals surface area contributed by atoms with Crippen LogP contribution >= 0.6 is 34.7 Å². The van der Waals surface area contributed by atoms with Crippen molar-refractivity contribution in [2.24, 2.45) is 0 Å². The predicted molar refractivity (Wildman–Crippen MR) is 116 cm³/mol. The third-order valence-corrected chi connectivity index (χ3v) is 6.67. The van der Waals surface area contributed by atoms with Crippen LogP contribution in [0.5, 0.6) is 5.75 Å². The van der Waals surface area contributed by atoms with E-state index in [1.54, 1.807) is 22.3 Å². The second kappa shape index (κ2) is 9.19. The largest absolute Gasteiger partial charge is 0.484 e. The fraction of sp³-hybridized carbons (Fsp3) is 0.350. The quantitative estimate of drug-likeness (QED) is 0.445. The van der Waals surface area contributed by atoms with Crippen LogP contribution in [0.3, 0.4) is 0 Å². The molecule has 3 aromatic rings. The minimum absolute atomic E-state index is 0.0719. The molecule has 1 aromatic carbocycles. The predicted octanol–water partition coefficient (Wildman–Crippen LogP) is 4.66. The molecule has 1 saturated carbocycles. The summed E-state index contributed by atoms with van der Waals surface area (Å²) in [5.74, 6) is 1.79. The van der Waals surface area contributed by atoms with E-state index in [9.17, 15) is 4.79 Å². The Balaban J connectivity index is 1.38. The summed E-state index contributed by atoms with van der Waals surface area (Å²) >= 11 is 9.25. The van der Waals surface area contributed by atoms with E-state index in [0.717, 1.165) is 23.8 Å². The molecule has 2 aromatic heterocycles. The first kappa shape index (κ1) is 20.3. The molecule has 4 rings (SSSR count). The van der Waals surface area contributed by atoms with Gasteiger partial charge in [0.05, 0.1) is 17.3 Å². The summed E-state index contributed by atoms with van der Waals surface area (Å²) in [4.78, 5) is 15.4. The molecule has 29 heavy (non-hydrogen) atoms. The van der Waals surface area contributed by atoms with Crippen molar-refractivity contribution >= 4 is 40.6 Å². The number of aromatic nitrogens is 3. The van der Waals surface area contributed by atoms with Gasteiger partial charge in [0.25, 0.3) is 0 Å². The van der Waals surface area contributed by atoms with Crippen molar-refractivity contribution in [2.75, 3.05) is 12.8 Å². The number of ether oxygens (including phenoxy) is 1. The van der Waals surface area contributed by atoms with Gasteiger partial charge >= 0.3 is 0 Å². The molecule has 1 aliphatic rings. The Morgan fingerprint density at radius 2 is 2.14 bits per heavy atom. The second-order valence-electron chi connectivity index (χ2n) is 6.84. The van der Waals surface area contributed by atoms with E-state index in [2.05, 4.69) is 14.8 Å². The third kappa shape index (κ3) is 5.12. The van der Waals surface area contributed by atoms with Crippen molar-refractivity contribution in [1.29, 1.82) is 0 Å². The van der Waals surface area contributed by atoms with Gasteiger partial charge < -0.3 is 9.64 Å². The first-order valence-corrected chi connectivity index (χ1v) is 11.6. The minimum atomic E-state index is 0.0719. The summed E-state index contributed by atoms with van der Waals surface area (Å²) in [6, 6.07) is 11.8. The zero-order chi connectivity index (χ0) is 20.2. The average Bonchev–Trinajstić information content (AvgIpc) is 3.27. The number of amides is 1. The smallest absolute Gasteiger partial charge is 0.233 e. The number of carbonyl (C=O) groups is 1. The zero-order valence-electron chi connectivity index (χ0n) is 16.0. The summed E-state index contributed by atoms with van der Waals surface area (Å²) in [6.45, 7) is 0.920. The molecular formula is C20H21ClN4O2S2. The van der Waals surface area contributed by atoms with Crippen LogP contribution in [0.4, 0.5) is 0 Å². The van der Waals surface area contributed by atoms with Crippen LogP contribution in [0.1, 0.15) is 29.6 Å². The van der Waals surface area contributed by atoms with Crippen molar-refractivity contribution in [3.63, 3.8) is 0 Å². The van der Waals surface area contributed by atoms with Gasteiger partial charge in [0.2, 0.25) is 5.91 Å². The Kier molecular flexibility index (Phi) is 6.42. The van der Waals surface area contributed by atoms with Gasteiger partial charge in [-0.3, -0.25) is 9.36 Å². The van der Waals surface area contributed by atoms with E-state index in [0.29, 0.717) is 35.7 Å². The number of halogens is 1. The summed E-state index contributed by atoms with van der Waals surface area (Å²) in [5, 5.41) is 12.0. The van der Waals surface area contributed by atoms with Crippen molar-refractivity contribution in [2.45, 2.75) is 37.2 Å². The maximum absolute atomic E-state index is 12.5. The van der Waals surface area contributed by atoms with Gasteiger partial charge in [-0.15, -0.1) is 21.5 Å². The van der Waals surface area contributed by atoms with Crippen molar-refractivity contribution in [3.05, 3.63) is 57.5 Å². The van der Waals surface area contributed by atoms with E-state index in [1.165, 1.54) is 16.6 Å². The number of carbonyl (C=O) groups excluding carboxylic acids is 1. The molecule has 1 aliphatic carbocycles. The lowest BCUT2D eigenvalue weighted by Gasteiger charge is -2.16. The molecule has 0 saturated heterocycles. The Bertz CT molecular complexity index is 973. The van der Waals surface area contributed by atoms with E-state index in [-0.39, 0.29) is 5.91 Å². The van der Waals surface area contributed by atoms with E-state index < -0.39 is 0 Å². The Morgan fingerprint density at radius 3 is 2.86 bits per heavy atom. The highest BCUT2D eigenvalue weighted by molar-refractivity contribution is 7.99. The molecule has 9 heteroatoms. The lowest BCUT2D eigenvalue weighted by Crippen LogP contribution is -2.27. The van der Waals surface area contributed by atoms with Crippen LogP contribution in [-0.4, -0.2) is 38.4 Å². The molecule has 1 fully saturated rings. The Hall–Kier alpha value is -2.03. The number of thiophene rings is 1.